The van der Waals surface area contributed by atoms with E-state index < -0.39 is 35.6 Å². The van der Waals surface area contributed by atoms with Gasteiger partial charge >= 0.3 is 6.18 Å². The van der Waals surface area contributed by atoms with Crippen LogP contribution in [-0.2, 0) is 0 Å². The van der Waals surface area contributed by atoms with Crippen LogP contribution < -0.4 is 0 Å². The maximum absolute atomic E-state index is 13.5. The van der Waals surface area contributed by atoms with Crippen molar-refractivity contribution in [1.29, 1.82) is 0 Å². The molecule has 1 aliphatic rings. The van der Waals surface area contributed by atoms with Gasteiger partial charge in [-0.1, -0.05) is 12.1 Å². The number of carbonyl (C=O) groups is 1. The molecule has 4 nitrogen and oxygen atoms in total. The Morgan fingerprint density at radius 1 is 1.40 bits per heavy atom. The zero-order chi connectivity index (χ0) is 15.1. The second-order valence-electron chi connectivity index (χ2n) is 4.42. The normalized spacial score (nSPS) is 22.9. The summed E-state index contributed by atoms with van der Waals surface area (Å²) in [5, 5.41) is 13.0. The highest BCUT2D eigenvalue weighted by Crippen LogP contribution is 2.40. The van der Waals surface area contributed by atoms with Gasteiger partial charge in [0.15, 0.2) is 0 Å². The topological polar surface area (TPSA) is 52.9 Å². The number of benzene rings is 1. The lowest BCUT2D eigenvalue weighted by atomic mass is 10.1. The smallest absolute Gasteiger partial charge is 0.362 e. The molecular formula is C12H10F4N2O2. The molecule has 0 aliphatic carbocycles. The van der Waals surface area contributed by atoms with Crippen molar-refractivity contribution in [2.45, 2.75) is 25.2 Å². The fourth-order valence-corrected chi connectivity index (χ4v) is 1.90. The Bertz CT molecular complexity index is 585. The summed E-state index contributed by atoms with van der Waals surface area (Å²) in [6, 6.07) is 4.56. The van der Waals surface area contributed by atoms with Gasteiger partial charge in [-0.15, -0.1) is 0 Å². The molecule has 2 rings (SSSR count). The van der Waals surface area contributed by atoms with Crippen molar-refractivity contribution in [2.75, 3.05) is 0 Å². The Morgan fingerprint density at radius 3 is 2.55 bits per heavy atom. The summed E-state index contributed by atoms with van der Waals surface area (Å²) in [4.78, 5) is 12.0. The van der Waals surface area contributed by atoms with Crippen LogP contribution in [0, 0.1) is 5.82 Å². The van der Waals surface area contributed by atoms with Crippen LogP contribution in [0.1, 0.15) is 23.7 Å². The van der Waals surface area contributed by atoms with Crippen molar-refractivity contribution >= 4 is 11.6 Å². The number of nitrogens with zero attached hydrogens (tertiary/aromatic N) is 2. The summed E-state index contributed by atoms with van der Waals surface area (Å²) >= 11 is 0. The van der Waals surface area contributed by atoms with Crippen molar-refractivity contribution in [2.24, 2.45) is 5.10 Å². The first-order chi connectivity index (χ1) is 9.17. The number of alkyl halides is 3. The first-order valence-electron chi connectivity index (χ1n) is 5.59. The molecule has 0 aromatic heterocycles. The fourth-order valence-electron chi connectivity index (χ4n) is 1.90. The first kappa shape index (κ1) is 14.4. The quantitative estimate of drug-likeness (QED) is 0.807. The van der Waals surface area contributed by atoms with E-state index in [2.05, 4.69) is 5.10 Å². The molecule has 0 saturated heterocycles. The molecule has 1 heterocycles. The molecule has 1 atom stereocenters. The number of halogens is 4. The third-order valence-electron chi connectivity index (χ3n) is 2.87. The van der Waals surface area contributed by atoms with Crippen LogP contribution >= 0.6 is 0 Å². The molecule has 1 amide bonds. The van der Waals surface area contributed by atoms with E-state index in [-0.39, 0.29) is 10.7 Å². The van der Waals surface area contributed by atoms with Gasteiger partial charge in [0.25, 0.3) is 11.6 Å². The summed E-state index contributed by atoms with van der Waals surface area (Å²) in [5.41, 5.74) is -4.11. The summed E-state index contributed by atoms with van der Waals surface area (Å²) in [7, 11) is 0. The highest BCUT2D eigenvalue weighted by molar-refractivity contribution is 5.98. The molecule has 8 heteroatoms. The number of amides is 1. The van der Waals surface area contributed by atoms with Crippen molar-refractivity contribution in [1.82, 2.24) is 5.01 Å². The second-order valence-corrected chi connectivity index (χ2v) is 4.42. The number of hydrazone groups is 1. The van der Waals surface area contributed by atoms with Crippen LogP contribution in [0.3, 0.4) is 0 Å². The molecule has 0 radical (unpaired) electrons. The van der Waals surface area contributed by atoms with Crippen molar-refractivity contribution < 1.29 is 27.5 Å². The minimum Gasteiger partial charge on any atom is -0.362 e. The Morgan fingerprint density at radius 2 is 2.00 bits per heavy atom. The predicted molar refractivity (Wildman–Crippen MR) is 61.3 cm³/mol. The van der Waals surface area contributed by atoms with Gasteiger partial charge in [0.05, 0.1) is 5.56 Å². The van der Waals surface area contributed by atoms with Gasteiger partial charge in [-0.25, -0.2) is 4.39 Å². The highest BCUT2D eigenvalue weighted by Gasteiger charge is 2.62. The van der Waals surface area contributed by atoms with E-state index in [0.717, 1.165) is 12.1 Å². The second kappa shape index (κ2) is 4.55. The van der Waals surface area contributed by atoms with Crippen LogP contribution in [0.4, 0.5) is 17.6 Å². The summed E-state index contributed by atoms with van der Waals surface area (Å²) in [6.45, 7) is 1.24. The lowest BCUT2D eigenvalue weighted by molar-refractivity contribution is -0.297. The molecule has 108 valence electrons. The number of carbonyl (C=O) groups excluding carboxylic acids is 1. The largest absolute Gasteiger partial charge is 0.438 e. The standard InChI is InChI=1S/C12H10F4N2O2/c1-7-6-11(20,12(14,15)16)18(17-7)10(19)8-4-2-3-5-9(8)13/h2-5,20H,6H2,1H3/t11-/m1/s1. The minimum absolute atomic E-state index is 0.0745. The average Bonchev–Trinajstić information content (AvgIpc) is 2.65. The first-order valence-corrected chi connectivity index (χ1v) is 5.59. The zero-order valence-corrected chi connectivity index (χ0v) is 10.3. The molecule has 0 saturated carbocycles. The highest BCUT2D eigenvalue weighted by atomic mass is 19.4. The van der Waals surface area contributed by atoms with Gasteiger partial charge in [0.2, 0.25) is 0 Å². The number of hydrogen-bond donors (Lipinski definition) is 1. The molecule has 1 aromatic carbocycles. The Labute approximate surface area is 111 Å². The Balaban J connectivity index is 2.45. The zero-order valence-electron chi connectivity index (χ0n) is 10.3. The van der Waals surface area contributed by atoms with Gasteiger partial charge < -0.3 is 5.11 Å². The molecule has 0 fully saturated rings. The van der Waals surface area contributed by atoms with Gasteiger partial charge in [-0.3, -0.25) is 4.79 Å². The van der Waals surface area contributed by atoms with E-state index in [9.17, 15) is 27.5 Å². The van der Waals surface area contributed by atoms with E-state index in [4.69, 9.17) is 0 Å². The van der Waals surface area contributed by atoms with Crippen LogP contribution in [0.15, 0.2) is 29.4 Å². The molecule has 1 aliphatic heterocycles. The van der Waals surface area contributed by atoms with Gasteiger partial charge in [0.1, 0.15) is 5.82 Å². The van der Waals surface area contributed by atoms with Crippen LogP contribution in [0.25, 0.3) is 0 Å². The summed E-state index contributed by atoms with van der Waals surface area (Å²) in [5.74, 6) is -2.33. The van der Waals surface area contributed by atoms with Crippen molar-refractivity contribution in [3.8, 4) is 0 Å². The van der Waals surface area contributed by atoms with Crippen LogP contribution in [0.5, 0.6) is 0 Å². The number of hydrogen-bond acceptors (Lipinski definition) is 3. The summed E-state index contributed by atoms with van der Waals surface area (Å²) < 4.78 is 52.3. The molecule has 0 bridgehead atoms. The van der Waals surface area contributed by atoms with Crippen LogP contribution in [-0.4, -0.2) is 33.6 Å². The third kappa shape index (κ3) is 2.15. The molecule has 0 unspecified atom stereocenters. The number of rotatable bonds is 1. The lowest BCUT2D eigenvalue weighted by Crippen LogP contribution is -2.56. The Kier molecular flexibility index (Phi) is 3.29. The maximum atomic E-state index is 13.5. The van der Waals surface area contributed by atoms with Crippen molar-refractivity contribution in [3.63, 3.8) is 0 Å². The minimum atomic E-state index is -5.10. The van der Waals surface area contributed by atoms with E-state index in [1.54, 1.807) is 0 Å². The molecule has 1 aromatic rings. The summed E-state index contributed by atoms with van der Waals surface area (Å²) in [6.07, 6.45) is -5.97. The molecule has 1 N–H and O–H groups in total. The monoisotopic (exact) mass is 290 g/mol. The third-order valence-corrected chi connectivity index (χ3v) is 2.87. The molecular weight excluding hydrogens is 280 g/mol. The van der Waals surface area contributed by atoms with Crippen LogP contribution in [0.2, 0.25) is 0 Å². The lowest BCUT2D eigenvalue weighted by Gasteiger charge is -2.32. The fraction of sp³-hybridized carbons (Fsp3) is 0.333. The Hall–Kier alpha value is -1.96. The van der Waals surface area contributed by atoms with Gasteiger partial charge in [-0.2, -0.15) is 23.3 Å². The average molecular weight is 290 g/mol. The van der Waals surface area contributed by atoms with E-state index in [1.807, 2.05) is 0 Å². The van der Waals surface area contributed by atoms with E-state index in [1.165, 1.54) is 19.1 Å². The molecule has 0 spiro atoms. The SMILES string of the molecule is CC1=NN(C(=O)c2ccccc2F)[C@](O)(C(F)(F)F)C1. The predicted octanol–water partition coefficient (Wildman–Crippen LogP) is 2.30. The van der Waals surface area contributed by atoms with E-state index in [0.29, 0.717) is 0 Å². The van der Waals surface area contributed by atoms with Gasteiger partial charge in [0, 0.05) is 12.1 Å². The van der Waals surface area contributed by atoms with E-state index >= 15 is 0 Å². The van der Waals surface area contributed by atoms with Crippen molar-refractivity contribution in [3.05, 3.63) is 35.6 Å². The number of aliphatic hydroxyl groups is 1. The maximum Gasteiger partial charge on any atom is 0.438 e. The van der Waals surface area contributed by atoms with Gasteiger partial charge in [-0.05, 0) is 19.1 Å². The molecule has 20 heavy (non-hydrogen) atoms.